The lowest BCUT2D eigenvalue weighted by molar-refractivity contribution is -0.537. The van der Waals surface area contributed by atoms with Crippen LogP contribution in [0.25, 0.3) is 0 Å². The Morgan fingerprint density at radius 3 is 1.73 bits per heavy atom. The largest absolute Gasteiger partial charge is 0.384 e. The van der Waals surface area contributed by atoms with E-state index in [1.807, 2.05) is 91.0 Å². The highest BCUT2D eigenvalue weighted by Crippen LogP contribution is 2.23. The van der Waals surface area contributed by atoms with E-state index in [1.165, 1.54) is 0 Å². The first-order chi connectivity index (χ1) is 16.1. The number of aliphatic hydroxyl groups is 1. The predicted molar refractivity (Wildman–Crippen MR) is 132 cm³/mol. The van der Waals surface area contributed by atoms with Crippen LogP contribution in [0.3, 0.4) is 0 Å². The molecule has 0 amide bonds. The second-order valence-corrected chi connectivity index (χ2v) is 8.34. The average molecular weight is 445 g/mol. The first-order valence-corrected chi connectivity index (χ1v) is 11.4. The van der Waals surface area contributed by atoms with Crippen LogP contribution in [0.4, 0.5) is 0 Å². The molecule has 5 nitrogen and oxygen atoms in total. The molecule has 0 saturated heterocycles. The first-order valence-electron chi connectivity index (χ1n) is 11.4. The molecule has 0 aliphatic heterocycles. The van der Waals surface area contributed by atoms with Crippen LogP contribution in [-0.4, -0.2) is 33.1 Å². The molecule has 5 heteroatoms. The number of rotatable bonds is 13. The van der Waals surface area contributed by atoms with Crippen molar-refractivity contribution >= 4 is 0 Å². The molecule has 3 aromatic carbocycles. The molecule has 172 valence electrons. The lowest BCUT2D eigenvalue weighted by Gasteiger charge is -2.36. The second-order valence-electron chi connectivity index (χ2n) is 8.34. The van der Waals surface area contributed by atoms with Crippen molar-refractivity contribution in [2.75, 3.05) is 0 Å². The van der Waals surface area contributed by atoms with Gasteiger partial charge in [-0.3, -0.25) is 15.0 Å². The molecular weight excluding hydrogens is 412 g/mol. The summed E-state index contributed by atoms with van der Waals surface area (Å²) in [6.45, 7) is 4.86. The number of hydrogen-bond acceptors (Lipinski definition) is 4. The minimum atomic E-state index is -1.13. The maximum atomic E-state index is 11.9. The Kier molecular flexibility index (Phi) is 9.36. The van der Waals surface area contributed by atoms with Gasteiger partial charge < -0.3 is 5.11 Å². The lowest BCUT2D eigenvalue weighted by Crippen LogP contribution is -2.51. The molecule has 0 aromatic heterocycles. The summed E-state index contributed by atoms with van der Waals surface area (Å²) in [5.41, 5.74) is 3.24. The van der Waals surface area contributed by atoms with E-state index in [2.05, 4.69) is 11.5 Å². The van der Waals surface area contributed by atoms with Gasteiger partial charge in [0.25, 0.3) is 0 Å². The summed E-state index contributed by atoms with van der Waals surface area (Å²) in [6, 6.07) is 28.5. The van der Waals surface area contributed by atoms with E-state index in [-0.39, 0.29) is 11.3 Å². The fourth-order valence-electron chi connectivity index (χ4n) is 4.19. The summed E-state index contributed by atoms with van der Waals surface area (Å²) < 4.78 is 0. The highest BCUT2D eigenvalue weighted by molar-refractivity contribution is 5.20. The molecule has 0 aliphatic rings. The van der Waals surface area contributed by atoms with Crippen molar-refractivity contribution in [3.63, 3.8) is 0 Å². The van der Waals surface area contributed by atoms with Gasteiger partial charge in [0.15, 0.2) is 0 Å². The van der Waals surface area contributed by atoms with Crippen molar-refractivity contribution in [3.8, 4) is 0 Å². The molecular formula is C28H32N2O3. The maximum Gasteiger partial charge on any atom is 0.240 e. The van der Waals surface area contributed by atoms with Crippen molar-refractivity contribution in [1.82, 2.24) is 4.90 Å². The Hall–Kier alpha value is -3.28. The molecule has 0 fully saturated rings. The van der Waals surface area contributed by atoms with Crippen molar-refractivity contribution < 1.29 is 10.0 Å². The maximum absolute atomic E-state index is 11.9. The molecule has 0 bridgehead atoms. The highest BCUT2D eigenvalue weighted by Gasteiger charge is 2.38. The van der Waals surface area contributed by atoms with Crippen LogP contribution in [0, 0.1) is 10.1 Å². The normalized spacial score (nSPS) is 13.9. The molecule has 0 spiro atoms. The summed E-state index contributed by atoms with van der Waals surface area (Å²) >= 11 is 0. The summed E-state index contributed by atoms with van der Waals surface area (Å²) in [5, 5.41) is 23.4. The number of aliphatic hydroxyl groups excluding tert-OH is 1. The van der Waals surface area contributed by atoms with Gasteiger partial charge in [0, 0.05) is 30.5 Å². The quantitative estimate of drug-likeness (QED) is 0.221. The van der Waals surface area contributed by atoms with Crippen LogP contribution in [-0.2, 0) is 19.5 Å². The number of nitro groups is 1. The van der Waals surface area contributed by atoms with Gasteiger partial charge in [-0.1, -0.05) is 97.1 Å². The van der Waals surface area contributed by atoms with Gasteiger partial charge >= 0.3 is 0 Å². The zero-order chi connectivity index (χ0) is 23.5. The van der Waals surface area contributed by atoms with E-state index < -0.39 is 18.2 Å². The summed E-state index contributed by atoms with van der Waals surface area (Å²) in [6.07, 6.45) is 1.79. The molecule has 3 atom stereocenters. The van der Waals surface area contributed by atoms with Gasteiger partial charge in [0.05, 0.1) is 0 Å². The van der Waals surface area contributed by atoms with Crippen molar-refractivity contribution in [2.45, 2.75) is 50.5 Å². The molecule has 0 aliphatic carbocycles. The summed E-state index contributed by atoms with van der Waals surface area (Å²) in [5.74, 6) is 0. The van der Waals surface area contributed by atoms with Crippen LogP contribution in [0.2, 0.25) is 0 Å². The van der Waals surface area contributed by atoms with Crippen molar-refractivity contribution in [3.05, 3.63) is 130 Å². The number of allylic oxidation sites excluding steroid dienone is 1. The third kappa shape index (κ3) is 7.38. The minimum Gasteiger partial charge on any atom is -0.384 e. The molecule has 3 rings (SSSR count). The van der Waals surface area contributed by atoms with E-state index >= 15 is 0 Å². The third-order valence-electron chi connectivity index (χ3n) is 5.94. The molecule has 1 unspecified atom stereocenters. The summed E-state index contributed by atoms with van der Waals surface area (Å²) in [4.78, 5) is 13.8. The van der Waals surface area contributed by atoms with Crippen LogP contribution < -0.4 is 0 Å². The van der Waals surface area contributed by atoms with E-state index in [0.717, 1.165) is 16.7 Å². The minimum absolute atomic E-state index is 0.257. The fraction of sp³-hybridized carbons (Fsp3) is 0.286. The Morgan fingerprint density at radius 2 is 1.30 bits per heavy atom. The zero-order valence-corrected chi connectivity index (χ0v) is 18.9. The van der Waals surface area contributed by atoms with Gasteiger partial charge in [0.2, 0.25) is 6.04 Å². The molecule has 33 heavy (non-hydrogen) atoms. The van der Waals surface area contributed by atoms with Crippen LogP contribution in [0.1, 0.15) is 29.5 Å². The molecule has 0 heterocycles. The Labute approximate surface area is 196 Å². The van der Waals surface area contributed by atoms with Crippen LogP contribution in [0.15, 0.2) is 104 Å². The predicted octanol–water partition coefficient (Wildman–Crippen LogP) is 5.27. The Balaban J connectivity index is 1.98. The number of nitrogens with zero attached hydrogens (tertiary/aromatic N) is 2. The molecule has 0 saturated carbocycles. The van der Waals surface area contributed by atoms with Gasteiger partial charge in [-0.15, -0.1) is 6.58 Å². The zero-order valence-electron chi connectivity index (χ0n) is 18.9. The topological polar surface area (TPSA) is 66.6 Å². The standard InChI is InChI=1S/C28H32N2O3/c1-2-3-19-26(30(32)33)28(31)27(20-23-13-7-4-8-14-23)29(21-24-15-9-5-10-16-24)22-25-17-11-6-12-18-25/h2,4-18,26-28,31H,1,3,19-22H2/t26?,27-,28+/m0/s1. The van der Waals surface area contributed by atoms with Crippen LogP contribution in [0.5, 0.6) is 0 Å². The second kappa shape index (κ2) is 12.7. The van der Waals surface area contributed by atoms with E-state index in [1.54, 1.807) is 6.08 Å². The van der Waals surface area contributed by atoms with E-state index in [9.17, 15) is 15.2 Å². The smallest absolute Gasteiger partial charge is 0.240 e. The van der Waals surface area contributed by atoms with Gasteiger partial charge in [-0.05, 0) is 29.5 Å². The Bertz CT molecular complexity index is 938. The van der Waals surface area contributed by atoms with Gasteiger partial charge in [-0.2, -0.15) is 0 Å². The monoisotopic (exact) mass is 444 g/mol. The fourth-order valence-corrected chi connectivity index (χ4v) is 4.19. The van der Waals surface area contributed by atoms with Crippen LogP contribution >= 0.6 is 0 Å². The average Bonchev–Trinajstić information content (AvgIpc) is 2.84. The van der Waals surface area contributed by atoms with E-state index in [4.69, 9.17) is 0 Å². The van der Waals surface area contributed by atoms with Crippen molar-refractivity contribution in [2.24, 2.45) is 0 Å². The van der Waals surface area contributed by atoms with Crippen molar-refractivity contribution in [1.29, 1.82) is 0 Å². The lowest BCUT2D eigenvalue weighted by atomic mass is 9.92. The molecule has 3 aromatic rings. The number of hydrogen-bond donors (Lipinski definition) is 1. The third-order valence-corrected chi connectivity index (χ3v) is 5.94. The SMILES string of the molecule is C=CCCC([C@@H](O)[C@H](Cc1ccccc1)N(Cc1ccccc1)Cc1ccccc1)[N+](=O)[O-]. The number of benzene rings is 3. The Morgan fingerprint density at radius 1 is 0.848 bits per heavy atom. The first kappa shape index (κ1) is 24.4. The van der Waals surface area contributed by atoms with E-state index in [0.29, 0.717) is 25.9 Å². The molecule has 1 N–H and O–H groups in total. The van der Waals surface area contributed by atoms with Gasteiger partial charge in [-0.25, -0.2) is 0 Å². The molecule has 0 radical (unpaired) electrons. The highest BCUT2D eigenvalue weighted by atomic mass is 16.6. The van der Waals surface area contributed by atoms with Gasteiger partial charge in [0.1, 0.15) is 6.10 Å². The summed E-state index contributed by atoms with van der Waals surface area (Å²) in [7, 11) is 0.